The van der Waals surface area contributed by atoms with Crippen molar-refractivity contribution in [2.45, 2.75) is 57.1 Å². The molecule has 212 valence electrons. The molecule has 9 heteroatoms. The van der Waals surface area contributed by atoms with Gasteiger partial charge in [-0.15, -0.1) is 0 Å². The molecule has 4 rings (SSSR count). The normalized spacial score (nSPS) is 21.2. The highest BCUT2D eigenvalue weighted by Gasteiger charge is 2.60. The molecular weight excluding hydrogens is 522 g/mol. The van der Waals surface area contributed by atoms with Crippen molar-refractivity contribution in [3.63, 3.8) is 0 Å². The van der Waals surface area contributed by atoms with Crippen molar-refractivity contribution in [2.24, 2.45) is 0 Å². The molecule has 0 radical (unpaired) electrons. The van der Waals surface area contributed by atoms with Crippen LogP contribution in [0.2, 0.25) is 0 Å². The van der Waals surface area contributed by atoms with Crippen LogP contribution >= 0.6 is 0 Å². The highest BCUT2D eigenvalue weighted by molar-refractivity contribution is 5.95. The number of Topliss-reactive ketones (excluding diaryl/α,β-unsaturated/α-hetero) is 1. The maximum atomic E-state index is 15.3. The molecule has 1 aliphatic heterocycles. The Morgan fingerprint density at radius 1 is 0.800 bits per heavy atom. The Bertz CT molecular complexity index is 1210. The molecule has 40 heavy (non-hydrogen) atoms. The second-order valence-electron chi connectivity index (χ2n) is 9.28. The minimum absolute atomic E-state index is 0.0439. The number of rotatable bonds is 13. The van der Waals surface area contributed by atoms with Gasteiger partial charge in [-0.2, -0.15) is 8.78 Å². The summed E-state index contributed by atoms with van der Waals surface area (Å²) in [7, 11) is 0. The lowest BCUT2D eigenvalue weighted by molar-refractivity contribution is -0.248. The van der Waals surface area contributed by atoms with Gasteiger partial charge in [0, 0.05) is 0 Å². The monoisotopic (exact) mass is 554 g/mol. The van der Waals surface area contributed by atoms with E-state index >= 15 is 8.78 Å². The van der Waals surface area contributed by atoms with E-state index in [9.17, 15) is 9.59 Å². The number of hydrogen-bond donors (Lipinski definition) is 0. The van der Waals surface area contributed by atoms with Crippen LogP contribution in [0.4, 0.5) is 8.78 Å². The lowest BCUT2D eigenvalue weighted by atomic mass is 9.92. The number of halogens is 2. The van der Waals surface area contributed by atoms with E-state index in [-0.39, 0.29) is 33.0 Å². The number of carbonyl (C=O) groups excluding carboxylic acids is 2. The van der Waals surface area contributed by atoms with Gasteiger partial charge in [0.1, 0.15) is 18.3 Å². The van der Waals surface area contributed by atoms with Gasteiger partial charge in [0.2, 0.25) is 0 Å². The molecule has 7 nitrogen and oxygen atoms in total. The van der Waals surface area contributed by atoms with Crippen LogP contribution in [0, 0.1) is 0 Å². The average Bonchev–Trinajstić information content (AvgIpc) is 2.98. The maximum Gasteiger partial charge on any atom is 0.380 e. The van der Waals surface area contributed by atoms with Gasteiger partial charge < -0.3 is 23.7 Å². The van der Waals surface area contributed by atoms with E-state index in [1.54, 1.807) is 24.3 Å². The first-order valence-electron chi connectivity index (χ1n) is 13.1. The van der Waals surface area contributed by atoms with E-state index in [1.807, 2.05) is 66.7 Å². The maximum absolute atomic E-state index is 15.3. The number of ether oxygens (including phenoxy) is 5. The zero-order chi connectivity index (χ0) is 28.4. The molecule has 0 aliphatic carbocycles. The third kappa shape index (κ3) is 7.57. The quantitative estimate of drug-likeness (QED) is 0.278. The van der Waals surface area contributed by atoms with Gasteiger partial charge in [-0.25, -0.2) is 4.79 Å². The first kappa shape index (κ1) is 29.5. The molecule has 0 bridgehead atoms. The predicted octanol–water partition coefficient (Wildman–Crippen LogP) is 4.91. The number of carbonyl (C=O) groups is 2. The number of hydrogen-bond acceptors (Lipinski definition) is 7. The lowest BCUT2D eigenvalue weighted by Gasteiger charge is -2.41. The fourth-order valence-electron chi connectivity index (χ4n) is 4.32. The van der Waals surface area contributed by atoms with Crippen LogP contribution < -0.4 is 0 Å². The molecule has 0 spiro atoms. The largest absolute Gasteiger partial charge is 0.461 e. The number of alkyl halides is 2. The molecule has 1 aliphatic rings. The van der Waals surface area contributed by atoms with Crippen LogP contribution in [0.5, 0.6) is 0 Å². The fourth-order valence-corrected chi connectivity index (χ4v) is 4.32. The second-order valence-corrected chi connectivity index (χ2v) is 9.28. The Morgan fingerprint density at radius 2 is 1.30 bits per heavy atom. The highest BCUT2D eigenvalue weighted by atomic mass is 19.3. The summed E-state index contributed by atoms with van der Waals surface area (Å²) in [6.45, 7) is 1.13. The predicted molar refractivity (Wildman–Crippen MR) is 141 cm³/mol. The fraction of sp³-hybridized carbons (Fsp3) is 0.355. The van der Waals surface area contributed by atoms with Crippen LogP contribution in [0.1, 0.15) is 23.6 Å². The van der Waals surface area contributed by atoms with Gasteiger partial charge in [-0.05, 0) is 23.6 Å². The molecule has 3 aromatic carbocycles. The first-order valence-corrected chi connectivity index (χ1v) is 13.1. The van der Waals surface area contributed by atoms with Gasteiger partial charge in [0.25, 0.3) is 0 Å². The summed E-state index contributed by atoms with van der Waals surface area (Å²) in [4.78, 5) is 25.7. The van der Waals surface area contributed by atoms with Gasteiger partial charge in [0.15, 0.2) is 11.9 Å². The van der Waals surface area contributed by atoms with Crippen LogP contribution in [-0.4, -0.2) is 55.3 Å². The minimum atomic E-state index is -4.25. The van der Waals surface area contributed by atoms with Crippen LogP contribution in [0.25, 0.3) is 0 Å². The Kier molecular flexibility index (Phi) is 10.5. The number of ketones is 1. The van der Waals surface area contributed by atoms with Crippen LogP contribution in [0.15, 0.2) is 91.0 Å². The molecular formula is C31H32F2O7. The average molecular weight is 555 g/mol. The molecule has 0 amide bonds. The Balaban J connectivity index is 1.61. The Labute approximate surface area is 232 Å². The molecule has 0 unspecified atom stereocenters. The Morgan fingerprint density at radius 3 is 1.82 bits per heavy atom. The summed E-state index contributed by atoms with van der Waals surface area (Å²) in [6.07, 6.45) is -6.15. The summed E-state index contributed by atoms with van der Waals surface area (Å²) in [5.41, 5.74) is 2.40. The number of benzene rings is 3. The SMILES string of the molecule is CCOC(=O)C(F)(F)[C@H]1O[C@H](COCc2ccccc2)[C@@H](OCc2ccccc2)[C@H](OCc2ccccc2)C1=O. The van der Waals surface area contributed by atoms with Crippen molar-refractivity contribution < 1.29 is 42.1 Å². The molecule has 1 heterocycles. The second kappa shape index (κ2) is 14.2. The molecule has 0 saturated carbocycles. The van der Waals surface area contributed by atoms with Crippen molar-refractivity contribution in [1.29, 1.82) is 0 Å². The smallest absolute Gasteiger partial charge is 0.380 e. The van der Waals surface area contributed by atoms with E-state index in [0.717, 1.165) is 16.7 Å². The van der Waals surface area contributed by atoms with Gasteiger partial charge in [-0.1, -0.05) is 91.0 Å². The van der Waals surface area contributed by atoms with Crippen LogP contribution in [0.3, 0.4) is 0 Å². The van der Waals surface area contributed by atoms with Crippen LogP contribution in [-0.2, 0) is 53.1 Å². The van der Waals surface area contributed by atoms with Crippen molar-refractivity contribution >= 4 is 11.8 Å². The molecule has 4 atom stereocenters. The van der Waals surface area contributed by atoms with E-state index in [4.69, 9.17) is 18.9 Å². The summed E-state index contributed by atoms with van der Waals surface area (Å²) < 4.78 is 58.6. The van der Waals surface area contributed by atoms with Crippen molar-refractivity contribution in [3.8, 4) is 0 Å². The van der Waals surface area contributed by atoms with Crippen molar-refractivity contribution in [2.75, 3.05) is 13.2 Å². The highest BCUT2D eigenvalue weighted by Crippen LogP contribution is 2.34. The molecule has 0 aromatic heterocycles. The minimum Gasteiger partial charge on any atom is -0.461 e. The lowest BCUT2D eigenvalue weighted by Crippen LogP contribution is -2.64. The third-order valence-corrected chi connectivity index (χ3v) is 6.34. The standard InChI is InChI=1S/C31H32F2O7/c1-2-37-30(35)31(32,33)29-26(34)28(39-20-24-16-10-5-11-17-24)27(38-19-23-14-8-4-9-15-23)25(40-29)21-36-18-22-12-6-3-7-13-22/h3-17,25,27-29H,2,18-21H2,1H3/t25-,27-,28-,29+/m1/s1. The molecule has 0 N–H and O–H groups in total. The molecule has 1 fully saturated rings. The molecule has 1 saturated heterocycles. The Hall–Kier alpha value is -3.50. The van der Waals surface area contributed by atoms with E-state index in [0.29, 0.717) is 0 Å². The topological polar surface area (TPSA) is 80.3 Å². The van der Waals surface area contributed by atoms with E-state index in [2.05, 4.69) is 4.74 Å². The summed E-state index contributed by atoms with van der Waals surface area (Å²) in [5, 5.41) is 0. The molecule has 3 aromatic rings. The van der Waals surface area contributed by atoms with E-state index in [1.165, 1.54) is 6.92 Å². The number of esters is 1. The van der Waals surface area contributed by atoms with Gasteiger partial charge in [0.05, 0.1) is 33.0 Å². The van der Waals surface area contributed by atoms with Gasteiger partial charge >= 0.3 is 11.9 Å². The van der Waals surface area contributed by atoms with Crippen molar-refractivity contribution in [1.82, 2.24) is 0 Å². The zero-order valence-corrected chi connectivity index (χ0v) is 22.1. The zero-order valence-electron chi connectivity index (χ0n) is 22.1. The third-order valence-electron chi connectivity index (χ3n) is 6.34. The van der Waals surface area contributed by atoms with Gasteiger partial charge in [-0.3, -0.25) is 4.79 Å². The summed E-state index contributed by atoms with van der Waals surface area (Å²) >= 11 is 0. The summed E-state index contributed by atoms with van der Waals surface area (Å²) in [5.74, 6) is -7.20. The van der Waals surface area contributed by atoms with Crippen molar-refractivity contribution in [3.05, 3.63) is 108 Å². The summed E-state index contributed by atoms with van der Waals surface area (Å²) in [6, 6.07) is 27.5. The van der Waals surface area contributed by atoms with E-state index < -0.39 is 42.1 Å². The first-order chi connectivity index (χ1) is 19.4.